The first-order valence-corrected chi connectivity index (χ1v) is 18.7. The van der Waals surface area contributed by atoms with E-state index in [0.717, 1.165) is 27.8 Å². The highest BCUT2D eigenvalue weighted by molar-refractivity contribution is 6.31. The molecule has 7 rings (SSSR count). The molecule has 8 heteroatoms. The van der Waals surface area contributed by atoms with Crippen molar-refractivity contribution in [3.63, 3.8) is 0 Å². The normalized spacial score (nSPS) is 25.0. The zero-order valence-electron chi connectivity index (χ0n) is 30.0. The summed E-state index contributed by atoms with van der Waals surface area (Å²) in [6.45, 7) is 5.02. The maximum atomic E-state index is 14.9. The fraction of sp³-hybridized carbons (Fsp3) is 0.333. The van der Waals surface area contributed by atoms with Gasteiger partial charge < -0.3 is 29.2 Å². The van der Waals surface area contributed by atoms with E-state index < -0.39 is 47.7 Å². The highest BCUT2D eigenvalue weighted by Crippen LogP contribution is 2.56. The summed E-state index contributed by atoms with van der Waals surface area (Å²) in [5.41, 5.74) is 4.89. The molecule has 276 valence electrons. The van der Waals surface area contributed by atoms with Crippen LogP contribution < -0.4 is 4.74 Å². The third-order valence-electron chi connectivity index (χ3n) is 10.8. The smallest absolute Gasteiger partial charge is 0.165 e. The Balaban J connectivity index is 1.30. The number of aliphatic hydroxyl groups excluding tert-OH is 2. The van der Waals surface area contributed by atoms with E-state index in [9.17, 15) is 14.6 Å². The van der Waals surface area contributed by atoms with Crippen LogP contribution in [0.2, 0.25) is 5.02 Å². The Bertz CT molecular complexity index is 1960. The molecule has 2 aliphatic rings. The molecule has 6 nitrogen and oxygen atoms in total. The van der Waals surface area contributed by atoms with E-state index in [4.69, 9.17) is 30.5 Å². The molecule has 2 unspecified atom stereocenters. The summed E-state index contributed by atoms with van der Waals surface area (Å²) in [6, 6.07) is 38.4. The van der Waals surface area contributed by atoms with Gasteiger partial charge >= 0.3 is 0 Å². The lowest BCUT2D eigenvalue weighted by Crippen LogP contribution is -2.66. The average molecular weight is 737 g/mol. The summed E-state index contributed by atoms with van der Waals surface area (Å²) in [6.07, 6.45) is -3.55. The fourth-order valence-corrected chi connectivity index (χ4v) is 8.37. The van der Waals surface area contributed by atoms with E-state index >= 15 is 0 Å². The van der Waals surface area contributed by atoms with Crippen molar-refractivity contribution < 1.29 is 33.6 Å². The van der Waals surface area contributed by atoms with Crippen molar-refractivity contribution in [1.29, 1.82) is 0 Å². The third-order valence-corrected chi connectivity index (χ3v) is 11.2. The molecule has 0 aliphatic heterocycles. The lowest BCUT2D eigenvalue weighted by atomic mass is 9.63. The molecule has 0 heterocycles. The van der Waals surface area contributed by atoms with Gasteiger partial charge in [-0.2, -0.15) is 0 Å². The number of halogens is 2. The van der Waals surface area contributed by atoms with E-state index in [0.29, 0.717) is 35.8 Å². The third kappa shape index (κ3) is 7.79. The maximum Gasteiger partial charge on any atom is 0.165 e. The molecule has 2 bridgehead atoms. The Hall–Kier alpha value is -4.08. The predicted molar refractivity (Wildman–Crippen MR) is 203 cm³/mol. The minimum absolute atomic E-state index is 0.194. The van der Waals surface area contributed by atoms with Gasteiger partial charge in [-0.3, -0.25) is 0 Å². The van der Waals surface area contributed by atoms with Crippen LogP contribution >= 0.6 is 11.6 Å². The second-order valence-corrected chi connectivity index (χ2v) is 14.6. The Morgan fingerprint density at radius 2 is 1.32 bits per heavy atom. The molecule has 5 aromatic carbocycles. The van der Waals surface area contributed by atoms with Gasteiger partial charge in [-0.05, 0) is 78.3 Å². The molecule has 2 aliphatic carbocycles. The predicted octanol–water partition coefficient (Wildman–Crippen LogP) is 8.53. The molecule has 7 atom stereocenters. The van der Waals surface area contributed by atoms with Crippen molar-refractivity contribution in [2.45, 2.75) is 82.4 Å². The topological polar surface area (TPSA) is 77.4 Å². The van der Waals surface area contributed by atoms with Gasteiger partial charge in [-0.25, -0.2) is 4.39 Å². The number of aliphatic hydroxyl groups is 2. The monoisotopic (exact) mass is 736 g/mol. The second-order valence-electron chi connectivity index (χ2n) is 14.2. The van der Waals surface area contributed by atoms with Crippen molar-refractivity contribution in [3.8, 4) is 5.75 Å². The van der Waals surface area contributed by atoms with Gasteiger partial charge in [-0.1, -0.05) is 120 Å². The van der Waals surface area contributed by atoms with Crippen LogP contribution in [0, 0.1) is 18.7 Å². The number of aryl methyl sites for hydroxylation is 1. The summed E-state index contributed by atoms with van der Waals surface area (Å²) in [4.78, 5) is 0. The Morgan fingerprint density at radius 3 is 1.96 bits per heavy atom. The Morgan fingerprint density at radius 1 is 0.717 bits per heavy atom. The van der Waals surface area contributed by atoms with Gasteiger partial charge in [0.15, 0.2) is 11.6 Å². The fourth-order valence-electron chi connectivity index (χ4n) is 8.18. The SMILES string of the molecule is CCOc1ccc(Cc2cc([C@]34C(O)C[C@@H](C3O)[C@H](OCc3ccc(C)cc3)[C@H](OCc3ccccc3)[C@@H]4OCc3ccccc3)ccc2Cl)cc1F. The molecular formula is C45H46ClFO6. The van der Waals surface area contributed by atoms with E-state index in [1.807, 2.05) is 117 Å². The molecule has 2 fully saturated rings. The number of benzene rings is 5. The maximum absolute atomic E-state index is 14.9. The summed E-state index contributed by atoms with van der Waals surface area (Å²) >= 11 is 6.81. The summed E-state index contributed by atoms with van der Waals surface area (Å²) < 4.78 is 40.8. The van der Waals surface area contributed by atoms with Gasteiger partial charge in [0.2, 0.25) is 0 Å². The van der Waals surface area contributed by atoms with E-state index in [1.54, 1.807) is 12.1 Å². The van der Waals surface area contributed by atoms with Gasteiger partial charge in [0, 0.05) is 10.9 Å². The number of hydrogen-bond acceptors (Lipinski definition) is 6. The van der Waals surface area contributed by atoms with E-state index in [2.05, 4.69) is 0 Å². The number of rotatable bonds is 14. The molecule has 2 N–H and O–H groups in total. The zero-order chi connectivity index (χ0) is 37.0. The molecule has 5 aromatic rings. The minimum Gasteiger partial charge on any atom is -0.491 e. The molecule has 0 spiro atoms. The lowest BCUT2D eigenvalue weighted by Gasteiger charge is -2.52. The van der Waals surface area contributed by atoms with Gasteiger partial charge in [0.25, 0.3) is 0 Å². The molecule has 53 heavy (non-hydrogen) atoms. The van der Waals surface area contributed by atoms with Gasteiger partial charge in [-0.15, -0.1) is 0 Å². The Kier molecular flexibility index (Phi) is 11.6. The molecule has 0 saturated heterocycles. The van der Waals surface area contributed by atoms with Crippen LogP contribution in [0.5, 0.6) is 5.75 Å². The van der Waals surface area contributed by atoms with E-state index in [1.165, 1.54) is 6.07 Å². The van der Waals surface area contributed by atoms with Crippen LogP contribution in [0.15, 0.2) is 121 Å². The Labute approximate surface area is 316 Å². The molecule has 2 saturated carbocycles. The van der Waals surface area contributed by atoms with Crippen LogP contribution in [0.1, 0.15) is 52.3 Å². The van der Waals surface area contributed by atoms with Crippen LogP contribution in [0.3, 0.4) is 0 Å². The largest absolute Gasteiger partial charge is 0.491 e. The van der Waals surface area contributed by atoms with Gasteiger partial charge in [0.05, 0.1) is 50.2 Å². The number of fused-ring (bicyclic) bond motifs is 2. The van der Waals surface area contributed by atoms with Crippen LogP contribution in [0.25, 0.3) is 0 Å². The number of hydrogen-bond donors (Lipinski definition) is 2. The first-order chi connectivity index (χ1) is 25.8. The standard InChI is InChI=1S/C45H46ClFO6/c1-3-50-39-21-18-33(23-38(39)47)22-34-24-35(19-20-37(34)46)45-40(48)25-36(43(45)49)41(51-27-32-16-14-29(2)15-17-32)42(52-26-30-10-6-4-7-11-30)44(45)53-28-31-12-8-5-9-13-31/h4-21,23-24,36,40-44,48-49H,3,22,25-28H2,1-2H3/t36-,40?,41+,42+,43?,44+,45+/m1/s1. The molecule has 0 aromatic heterocycles. The minimum atomic E-state index is -1.30. The van der Waals surface area contributed by atoms with Gasteiger partial charge in [0.1, 0.15) is 12.2 Å². The second kappa shape index (κ2) is 16.5. The number of ether oxygens (including phenoxy) is 4. The lowest BCUT2D eigenvalue weighted by molar-refractivity contribution is -0.232. The van der Waals surface area contributed by atoms with Crippen molar-refractivity contribution in [2.24, 2.45) is 5.92 Å². The van der Waals surface area contributed by atoms with Crippen molar-refractivity contribution in [2.75, 3.05) is 6.61 Å². The van der Waals surface area contributed by atoms with Crippen LogP contribution in [-0.4, -0.2) is 47.3 Å². The quantitative estimate of drug-likeness (QED) is 0.119. The van der Waals surface area contributed by atoms with Crippen molar-refractivity contribution in [1.82, 2.24) is 0 Å². The highest BCUT2D eigenvalue weighted by Gasteiger charge is 2.69. The summed E-state index contributed by atoms with van der Waals surface area (Å²) in [7, 11) is 0. The van der Waals surface area contributed by atoms with Crippen molar-refractivity contribution >= 4 is 11.6 Å². The van der Waals surface area contributed by atoms with Crippen LogP contribution in [-0.2, 0) is 45.9 Å². The average Bonchev–Trinajstić information content (AvgIpc) is 3.37. The first-order valence-electron chi connectivity index (χ1n) is 18.3. The molecule has 0 amide bonds. The van der Waals surface area contributed by atoms with E-state index in [-0.39, 0.29) is 25.4 Å². The summed E-state index contributed by atoms with van der Waals surface area (Å²) in [5, 5.41) is 25.3. The highest BCUT2D eigenvalue weighted by atomic mass is 35.5. The first kappa shape index (κ1) is 37.2. The molecular weight excluding hydrogens is 691 g/mol. The molecule has 0 radical (unpaired) electrons. The summed E-state index contributed by atoms with van der Waals surface area (Å²) in [5.74, 6) is -0.719. The van der Waals surface area contributed by atoms with Crippen molar-refractivity contribution in [3.05, 3.63) is 171 Å². The van der Waals surface area contributed by atoms with Crippen LogP contribution in [0.4, 0.5) is 4.39 Å². The zero-order valence-corrected chi connectivity index (χ0v) is 30.8.